The molecule has 2 aliphatic heterocycles. The maximum Gasteiger partial charge on any atom is 0.126 e. The fourth-order valence-electron chi connectivity index (χ4n) is 3.42. The third-order valence-corrected chi connectivity index (χ3v) is 4.21. The van der Waals surface area contributed by atoms with E-state index in [0.717, 1.165) is 63.2 Å². The zero-order chi connectivity index (χ0) is 13.2. The first-order valence-electron chi connectivity index (χ1n) is 7.52. The van der Waals surface area contributed by atoms with Gasteiger partial charge in [-0.3, -0.25) is 0 Å². The van der Waals surface area contributed by atoms with Crippen LogP contribution in [0.4, 0.5) is 0 Å². The molecule has 0 aliphatic carbocycles. The fourth-order valence-corrected chi connectivity index (χ4v) is 3.42. The number of benzene rings is 1. The quantitative estimate of drug-likeness (QED) is 0.908. The molecule has 0 bridgehead atoms. The van der Waals surface area contributed by atoms with Gasteiger partial charge in [-0.1, -0.05) is 6.92 Å². The summed E-state index contributed by atoms with van der Waals surface area (Å²) in [5.41, 5.74) is 11.3. The molecule has 0 saturated heterocycles. The third-order valence-electron chi connectivity index (χ3n) is 4.21. The molecular weight excluding hydrogens is 238 g/mol. The number of rotatable bonds is 3. The van der Waals surface area contributed by atoms with Crippen molar-refractivity contribution in [2.75, 3.05) is 19.8 Å². The molecule has 3 rings (SSSR count). The van der Waals surface area contributed by atoms with Gasteiger partial charge in [0.1, 0.15) is 11.5 Å². The van der Waals surface area contributed by atoms with Crippen LogP contribution in [0.2, 0.25) is 0 Å². The second-order valence-electron chi connectivity index (χ2n) is 5.37. The van der Waals surface area contributed by atoms with E-state index >= 15 is 0 Å². The first-order valence-corrected chi connectivity index (χ1v) is 7.52. The molecular formula is C16H23NO2. The van der Waals surface area contributed by atoms with Crippen LogP contribution in [0.5, 0.6) is 11.5 Å². The highest BCUT2D eigenvalue weighted by Gasteiger charge is 2.27. The molecule has 2 aliphatic rings. The summed E-state index contributed by atoms with van der Waals surface area (Å²) in [5, 5.41) is 0. The van der Waals surface area contributed by atoms with Gasteiger partial charge in [0.2, 0.25) is 0 Å². The van der Waals surface area contributed by atoms with E-state index in [0.29, 0.717) is 6.54 Å². The Labute approximate surface area is 115 Å². The lowest BCUT2D eigenvalue weighted by molar-refractivity contribution is 0.266. The Bertz CT molecular complexity index is 445. The van der Waals surface area contributed by atoms with Crippen LogP contribution in [0.25, 0.3) is 0 Å². The van der Waals surface area contributed by atoms with Crippen molar-refractivity contribution in [1.82, 2.24) is 0 Å². The minimum Gasteiger partial charge on any atom is -0.493 e. The van der Waals surface area contributed by atoms with E-state index in [1.807, 2.05) is 0 Å². The number of hydrogen-bond donors (Lipinski definition) is 1. The molecule has 3 nitrogen and oxygen atoms in total. The molecule has 2 heterocycles. The standard InChI is InChI=1S/C16H23NO2/c1-2-11-12-5-3-10-19-16(12)14(7-8-17)13-6-4-9-18-15(11)13/h2-10,17H2,1H3. The van der Waals surface area contributed by atoms with Crippen molar-refractivity contribution in [2.24, 2.45) is 5.73 Å². The van der Waals surface area contributed by atoms with Crippen molar-refractivity contribution in [2.45, 2.75) is 45.4 Å². The Morgan fingerprint density at radius 2 is 1.53 bits per heavy atom. The lowest BCUT2D eigenvalue weighted by atomic mass is 9.86. The zero-order valence-corrected chi connectivity index (χ0v) is 11.8. The number of fused-ring (bicyclic) bond motifs is 2. The van der Waals surface area contributed by atoms with Gasteiger partial charge in [-0.05, 0) is 45.1 Å². The van der Waals surface area contributed by atoms with Gasteiger partial charge in [-0.2, -0.15) is 0 Å². The summed E-state index contributed by atoms with van der Waals surface area (Å²) >= 11 is 0. The van der Waals surface area contributed by atoms with E-state index in [-0.39, 0.29) is 0 Å². The maximum atomic E-state index is 6.00. The fraction of sp³-hybridized carbons (Fsp3) is 0.625. The largest absolute Gasteiger partial charge is 0.493 e. The first-order chi connectivity index (χ1) is 9.36. The lowest BCUT2D eigenvalue weighted by Crippen LogP contribution is -2.21. The third kappa shape index (κ3) is 2.10. The van der Waals surface area contributed by atoms with Gasteiger partial charge < -0.3 is 15.2 Å². The van der Waals surface area contributed by atoms with Gasteiger partial charge in [0.25, 0.3) is 0 Å². The van der Waals surface area contributed by atoms with E-state index < -0.39 is 0 Å². The zero-order valence-electron chi connectivity index (χ0n) is 11.8. The van der Waals surface area contributed by atoms with Gasteiger partial charge in [-0.25, -0.2) is 0 Å². The molecule has 0 atom stereocenters. The van der Waals surface area contributed by atoms with Gasteiger partial charge in [0.05, 0.1) is 13.2 Å². The smallest absolute Gasteiger partial charge is 0.126 e. The molecule has 0 spiro atoms. The van der Waals surface area contributed by atoms with E-state index in [1.165, 1.54) is 22.3 Å². The predicted molar refractivity (Wildman–Crippen MR) is 76.2 cm³/mol. The minimum atomic E-state index is 0.674. The molecule has 2 N–H and O–H groups in total. The van der Waals surface area contributed by atoms with Crippen LogP contribution < -0.4 is 15.2 Å². The SMILES string of the molecule is CCc1c2c(c(CCN)c3c1OCCC3)OCCC2. The minimum absolute atomic E-state index is 0.674. The van der Waals surface area contributed by atoms with Crippen molar-refractivity contribution in [3.05, 3.63) is 22.3 Å². The summed E-state index contributed by atoms with van der Waals surface area (Å²) in [7, 11) is 0. The van der Waals surface area contributed by atoms with Gasteiger partial charge in [-0.15, -0.1) is 0 Å². The van der Waals surface area contributed by atoms with E-state index in [2.05, 4.69) is 6.92 Å². The highest BCUT2D eigenvalue weighted by Crippen LogP contribution is 2.43. The molecule has 0 unspecified atom stereocenters. The molecule has 0 saturated carbocycles. The monoisotopic (exact) mass is 261 g/mol. The number of hydrogen-bond acceptors (Lipinski definition) is 3. The predicted octanol–water partition coefficient (Wildman–Crippen LogP) is 2.40. The lowest BCUT2D eigenvalue weighted by Gasteiger charge is -2.30. The average Bonchev–Trinajstić information content (AvgIpc) is 2.47. The van der Waals surface area contributed by atoms with E-state index in [9.17, 15) is 0 Å². The Balaban J connectivity index is 2.22. The van der Waals surface area contributed by atoms with Gasteiger partial charge >= 0.3 is 0 Å². The van der Waals surface area contributed by atoms with Crippen LogP contribution >= 0.6 is 0 Å². The summed E-state index contributed by atoms with van der Waals surface area (Å²) in [6, 6.07) is 0. The van der Waals surface area contributed by atoms with Crippen molar-refractivity contribution >= 4 is 0 Å². The summed E-state index contributed by atoms with van der Waals surface area (Å²) in [4.78, 5) is 0. The van der Waals surface area contributed by atoms with Crippen LogP contribution in [-0.2, 0) is 25.7 Å². The molecule has 19 heavy (non-hydrogen) atoms. The topological polar surface area (TPSA) is 44.5 Å². The second-order valence-corrected chi connectivity index (χ2v) is 5.37. The molecule has 0 fully saturated rings. The average molecular weight is 261 g/mol. The van der Waals surface area contributed by atoms with Gasteiger partial charge in [0, 0.05) is 22.3 Å². The molecule has 1 aromatic carbocycles. The van der Waals surface area contributed by atoms with Crippen LogP contribution in [0.1, 0.15) is 42.0 Å². The molecule has 104 valence electrons. The maximum absolute atomic E-state index is 6.00. The summed E-state index contributed by atoms with van der Waals surface area (Å²) in [5.74, 6) is 2.29. The molecule has 0 amide bonds. The van der Waals surface area contributed by atoms with E-state index in [4.69, 9.17) is 15.2 Å². The van der Waals surface area contributed by atoms with Crippen molar-refractivity contribution in [1.29, 1.82) is 0 Å². The highest BCUT2D eigenvalue weighted by molar-refractivity contribution is 5.60. The molecule has 3 heteroatoms. The van der Waals surface area contributed by atoms with E-state index in [1.54, 1.807) is 0 Å². The van der Waals surface area contributed by atoms with Crippen LogP contribution in [0, 0.1) is 0 Å². The Kier molecular flexibility index (Phi) is 3.65. The number of ether oxygens (including phenoxy) is 2. The summed E-state index contributed by atoms with van der Waals surface area (Å²) in [6.45, 7) is 4.58. The first kappa shape index (κ1) is 12.8. The van der Waals surface area contributed by atoms with Crippen LogP contribution in [-0.4, -0.2) is 19.8 Å². The van der Waals surface area contributed by atoms with Crippen molar-refractivity contribution in [3.63, 3.8) is 0 Å². The molecule has 1 aromatic rings. The van der Waals surface area contributed by atoms with Crippen LogP contribution in [0.3, 0.4) is 0 Å². The molecule has 0 radical (unpaired) electrons. The van der Waals surface area contributed by atoms with Crippen LogP contribution in [0.15, 0.2) is 0 Å². The summed E-state index contributed by atoms with van der Waals surface area (Å²) < 4.78 is 12.0. The van der Waals surface area contributed by atoms with Gasteiger partial charge in [0.15, 0.2) is 0 Å². The normalized spacial score (nSPS) is 17.2. The van der Waals surface area contributed by atoms with Crippen molar-refractivity contribution in [3.8, 4) is 11.5 Å². The Hall–Kier alpha value is -1.22. The second kappa shape index (κ2) is 5.41. The Morgan fingerprint density at radius 3 is 2.11 bits per heavy atom. The Morgan fingerprint density at radius 1 is 0.947 bits per heavy atom. The molecule has 0 aromatic heterocycles. The highest BCUT2D eigenvalue weighted by atomic mass is 16.5. The number of nitrogens with two attached hydrogens (primary N) is 1. The van der Waals surface area contributed by atoms with Crippen molar-refractivity contribution < 1.29 is 9.47 Å². The summed E-state index contributed by atoms with van der Waals surface area (Å²) in [6.07, 6.45) is 6.36.